The predicted octanol–water partition coefficient (Wildman–Crippen LogP) is 4.69. The molecule has 2 aliphatic heterocycles. The van der Waals surface area contributed by atoms with Crippen molar-refractivity contribution in [3.63, 3.8) is 0 Å². The summed E-state index contributed by atoms with van der Waals surface area (Å²) in [6, 6.07) is 16.3. The second kappa shape index (κ2) is 8.95. The minimum Gasteiger partial charge on any atom is -0.449 e. The Hall–Kier alpha value is -3.06. The van der Waals surface area contributed by atoms with Gasteiger partial charge < -0.3 is 19.5 Å². The Morgan fingerprint density at radius 1 is 0.971 bits per heavy atom. The van der Waals surface area contributed by atoms with Gasteiger partial charge in [-0.1, -0.05) is 48.5 Å². The van der Waals surface area contributed by atoms with Crippen LogP contribution >= 0.6 is 0 Å². The number of carbonyl (C=O) groups excluding carboxylic acids is 2. The molecule has 0 saturated carbocycles. The zero-order valence-corrected chi connectivity index (χ0v) is 20.0. The zero-order chi connectivity index (χ0) is 23.9. The molecule has 0 spiro atoms. The number of amides is 2. The number of morpholine rings is 1. The lowest BCUT2D eigenvalue weighted by Crippen LogP contribution is -2.63. The number of piperidine rings is 1. The summed E-state index contributed by atoms with van der Waals surface area (Å²) in [6.45, 7) is 6.76. The van der Waals surface area contributed by atoms with Gasteiger partial charge in [0.25, 0.3) is 0 Å². The van der Waals surface area contributed by atoms with Crippen LogP contribution in [0.25, 0.3) is 11.1 Å². The third kappa shape index (κ3) is 4.49. The summed E-state index contributed by atoms with van der Waals surface area (Å²) < 4.78 is 17.0. The maximum atomic E-state index is 12.7. The third-order valence-corrected chi connectivity index (χ3v) is 6.79. The van der Waals surface area contributed by atoms with Crippen molar-refractivity contribution in [2.45, 2.75) is 63.3 Å². The quantitative estimate of drug-likeness (QED) is 0.713. The van der Waals surface area contributed by atoms with Crippen molar-refractivity contribution in [3.8, 4) is 11.1 Å². The van der Waals surface area contributed by atoms with Gasteiger partial charge in [0.2, 0.25) is 0 Å². The minimum atomic E-state index is -0.553. The van der Waals surface area contributed by atoms with Crippen molar-refractivity contribution in [2.24, 2.45) is 0 Å². The Labute approximate surface area is 200 Å². The van der Waals surface area contributed by atoms with Gasteiger partial charge in [-0.05, 0) is 55.9 Å². The summed E-state index contributed by atoms with van der Waals surface area (Å²) in [5, 5.41) is 3.03. The van der Waals surface area contributed by atoms with E-state index in [-0.39, 0.29) is 36.7 Å². The molecular weight excluding hydrogens is 432 g/mol. The molecule has 180 valence electrons. The van der Waals surface area contributed by atoms with E-state index in [9.17, 15) is 9.59 Å². The van der Waals surface area contributed by atoms with Crippen molar-refractivity contribution in [2.75, 3.05) is 19.8 Å². The van der Waals surface area contributed by atoms with E-state index in [1.807, 2.05) is 45.0 Å². The average molecular weight is 465 g/mol. The lowest BCUT2D eigenvalue weighted by Gasteiger charge is -2.48. The number of rotatable bonds is 3. The molecule has 2 saturated heterocycles. The Bertz CT molecular complexity index is 1020. The molecular formula is C27H32N2O5. The smallest absolute Gasteiger partial charge is 0.410 e. The van der Waals surface area contributed by atoms with Crippen LogP contribution in [0.4, 0.5) is 9.59 Å². The van der Waals surface area contributed by atoms with Crippen LogP contribution in [0.3, 0.4) is 0 Å². The first-order chi connectivity index (χ1) is 16.3. The number of fused-ring (bicyclic) bond motifs is 5. The van der Waals surface area contributed by atoms with Crippen LogP contribution in [0.5, 0.6) is 0 Å². The largest absolute Gasteiger partial charge is 0.449 e. The summed E-state index contributed by atoms with van der Waals surface area (Å²) in [5.74, 6) is 0.0277. The van der Waals surface area contributed by atoms with E-state index >= 15 is 0 Å². The first kappa shape index (κ1) is 22.7. The van der Waals surface area contributed by atoms with Crippen LogP contribution in [0.1, 0.15) is 50.7 Å². The molecule has 2 unspecified atom stereocenters. The topological polar surface area (TPSA) is 77.1 Å². The third-order valence-electron chi connectivity index (χ3n) is 6.79. The zero-order valence-electron chi connectivity index (χ0n) is 20.0. The minimum absolute atomic E-state index is 0.0277. The van der Waals surface area contributed by atoms with Gasteiger partial charge in [0, 0.05) is 12.0 Å². The van der Waals surface area contributed by atoms with E-state index in [1.165, 1.54) is 22.3 Å². The van der Waals surface area contributed by atoms with E-state index in [4.69, 9.17) is 14.2 Å². The van der Waals surface area contributed by atoms with E-state index in [2.05, 4.69) is 29.6 Å². The van der Waals surface area contributed by atoms with Gasteiger partial charge in [0.05, 0.1) is 25.3 Å². The van der Waals surface area contributed by atoms with Crippen molar-refractivity contribution in [1.29, 1.82) is 0 Å². The van der Waals surface area contributed by atoms with Gasteiger partial charge in [-0.15, -0.1) is 0 Å². The summed E-state index contributed by atoms with van der Waals surface area (Å²) in [7, 11) is 0. The highest BCUT2D eigenvalue weighted by Gasteiger charge is 2.44. The molecule has 5 rings (SSSR count). The lowest BCUT2D eigenvalue weighted by molar-refractivity contribution is -0.0838. The summed E-state index contributed by atoms with van der Waals surface area (Å²) in [6.07, 6.45) is 0.488. The standard InChI is InChI=1S/C27H32N2O5/c1-27(2,3)34-26(31)29-18-12-17(13-19(29)15-32-14-18)28-25(30)33-16-24-22-10-6-4-8-20(22)21-9-5-7-11-23(21)24/h4-11,17-19,24H,12-16H2,1-3H3,(H,28,30). The van der Waals surface area contributed by atoms with Crippen molar-refractivity contribution < 1.29 is 23.8 Å². The molecule has 3 aliphatic rings. The van der Waals surface area contributed by atoms with E-state index < -0.39 is 11.7 Å². The fourth-order valence-electron chi connectivity index (χ4n) is 5.45. The summed E-state index contributed by atoms with van der Waals surface area (Å²) >= 11 is 0. The second-order valence-corrected chi connectivity index (χ2v) is 10.4. The maximum Gasteiger partial charge on any atom is 0.410 e. The van der Waals surface area contributed by atoms with Crippen molar-refractivity contribution in [3.05, 3.63) is 59.7 Å². The number of carbonyl (C=O) groups is 2. The first-order valence-corrected chi connectivity index (χ1v) is 12.0. The van der Waals surface area contributed by atoms with Gasteiger partial charge in [-0.25, -0.2) is 9.59 Å². The molecule has 2 fully saturated rings. The molecule has 2 amide bonds. The normalized spacial score (nSPS) is 23.6. The van der Waals surface area contributed by atoms with Gasteiger partial charge in [0.15, 0.2) is 0 Å². The molecule has 7 heteroatoms. The number of nitrogens with zero attached hydrogens (tertiary/aromatic N) is 1. The van der Waals surface area contributed by atoms with E-state index in [0.717, 1.165) is 0 Å². The molecule has 2 bridgehead atoms. The average Bonchev–Trinajstić information content (AvgIpc) is 3.10. The highest BCUT2D eigenvalue weighted by atomic mass is 16.6. The molecule has 1 aliphatic carbocycles. The molecule has 0 aromatic heterocycles. The Morgan fingerprint density at radius 3 is 2.09 bits per heavy atom. The highest BCUT2D eigenvalue weighted by Crippen LogP contribution is 2.44. The highest BCUT2D eigenvalue weighted by molar-refractivity contribution is 5.79. The number of hydrogen-bond donors (Lipinski definition) is 1. The number of hydrogen-bond acceptors (Lipinski definition) is 5. The number of alkyl carbamates (subject to hydrolysis) is 1. The molecule has 0 radical (unpaired) electrons. The molecule has 1 N–H and O–H groups in total. The summed E-state index contributed by atoms with van der Waals surface area (Å²) in [5.41, 5.74) is 4.23. The molecule has 2 heterocycles. The van der Waals surface area contributed by atoms with E-state index in [0.29, 0.717) is 26.1 Å². The van der Waals surface area contributed by atoms with Crippen LogP contribution in [0.15, 0.2) is 48.5 Å². The van der Waals surface area contributed by atoms with Gasteiger partial charge >= 0.3 is 12.2 Å². The Morgan fingerprint density at radius 2 is 1.53 bits per heavy atom. The molecule has 2 aromatic carbocycles. The van der Waals surface area contributed by atoms with Crippen LogP contribution in [0, 0.1) is 0 Å². The molecule has 2 atom stereocenters. The van der Waals surface area contributed by atoms with Crippen molar-refractivity contribution >= 4 is 12.2 Å². The predicted molar refractivity (Wildman–Crippen MR) is 128 cm³/mol. The molecule has 34 heavy (non-hydrogen) atoms. The van der Waals surface area contributed by atoms with Gasteiger partial charge in [-0.3, -0.25) is 4.90 Å². The van der Waals surface area contributed by atoms with Crippen LogP contribution in [-0.2, 0) is 14.2 Å². The number of nitrogens with one attached hydrogen (secondary N) is 1. The Kier molecular flexibility index (Phi) is 5.98. The van der Waals surface area contributed by atoms with E-state index in [1.54, 1.807) is 4.90 Å². The maximum absolute atomic E-state index is 12.7. The number of ether oxygens (including phenoxy) is 3. The lowest BCUT2D eigenvalue weighted by atomic mass is 9.90. The first-order valence-electron chi connectivity index (χ1n) is 12.0. The SMILES string of the molecule is CC(C)(C)OC(=O)N1C2COCC1CC(NC(=O)OCC1c3ccccc3-c3ccccc31)C2. The van der Waals surface area contributed by atoms with Crippen LogP contribution in [-0.4, -0.2) is 60.6 Å². The van der Waals surface area contributed by atoms with Crippen molar-refractivity contribution in [1.82, 2.24) is 10.2 Å². The summed E-state index contributed by atoms with van der Waals surface area (Å²) in [4.78, 5) is 27.3. The molecule has 2 aromatic rings. The van der Waals surface area contributed by atoms with Crippen LogP contribution < -0.4 is 5.32 Å². The molecule has 7 nitrogen and oxygen atoms in total. The fraction of sp³-hybridized carbons (Fsp3) is 0.481. The van der Waals surface area contributed by atoms with Gasteiger partial charge in [0.1, 0.15) is 12.2 Å². The second-order valence-electron chi connectivity index (χ2n) is 10.4. The fourth-order valence-corrected chi connectivity index (χ4v) is 5.45. The monoisotopic (exact) mass is 464 g/mol. The number of benzene rings is 2. The Balaban J connectivity index is 1.20. The van der Waals surface area contributed by atoms with Gasteiger partial charge in [-0.2, -0.15) is 0 Å². The van der Waals surface area contributed by atoms with Crippen LogP contribution in [0.2, 0.25) is 0 Å².